The van der Waals surface area contributed by atoms with Crippen LogP contribution in [0.4, 0.5) is 5.69 Å². The molecule has 0 atom stereocenters. The van der Waals surface area contributed by atoms with Crippen molar-refractivity contribution in [2.24, 2.45) is 0 Å². The number of anilines is 1. The van der Waals surface area contributed by atoms with Crippen LogP contribution in [0.1, 0.15) is 15.9 Å². The third kappa shape index (κ3) is 6.51. The smallest absolute Gasteiger partial charge is 0.262 e. The zero-order valence-electron chi connectivity index (χ0n) is 24.4. The van der Waals surface area contributed by atoms with Crippen LogP contribution in [0.2, 0.25) is 0 Å². The van der Waals surface area contributed by atoms with E-state index in [2.05, 4.69) is 22.3 Å². The van der Waals surface area contributed by atoms with Crippen molar-refractivity contribution in [3.63, 3.8) is 0 Å². The lowest BCUT2D eigenvalue weighted by molar-refractivity contribution is -0.118. The summed E-state index contributed by atoms with van der Waals surface area (Å²) in [7, 11) is 1.57. The molecule has 1 fully saturated rings. The van der Waals surface area contributed by atoms with Crippen LogP contribution < -0.4 is 25.2 Å². The van der Waals surface area contributed by atoms with Gasteiger partial charge in [-0.25, -0.2) is 4.98 Å². The molecule has 1 N–H and O–H groups in total. The molecule has 6 rings (SSSR count). The van der Waals surface area contributed by atoms with Gasteiger partial charge in [-0.1, -0.05) is 42.1 Å². The fraction of sp³-hybridized carbons (Fsp3) is 0.312. The summed E-state index contributed by atoms with van der Waals surface area (Å²) >= 11 is 1.18. The van der Waals surface area contributed by atoms with Gasteiger partial charge < -0.3 is 29.3 Å². The van der Waals surface area contributed by atoms with Crippen molar-refractivity contribution in [3.05, 3.63) is 88.2 Å². The predicted molar refractivity (Wildman–Crippen MR) is 168 cm³/mol. The summed E-state index contributed by atoms with van der Waals surface area (Å²) in [4.78, 5) is 48.3. The van der Waals surface area contributed by atoms with E-state index in [9.17, 15) is 14.4 Å². The number of rotatable bonds is 10. The van der Waals surface area contributed by atoms with E-state index in [0.717, 1.165) is 24.3 Å². The monoisotopic (exact) mass is 615 g/mol. The van der Waals surface area contributed by atoms with E-state index in [1.807, 2.05) is 35.2 Å². The number of thioether (sulfide) groups is 1. The number of amides is 2. The molecule has 11 nitrogen and oxygen atoms in total. The lowest BCUT2D eigenvalue weighted by atomic mass is 10.1. The zero-order valence-corrected chi connectivity index (χ0v) is 25.2. The van der Waals surface area contributed by atoms with E-state index < -0.39 is 0 Å². The van der Waals surface area contributed by atoms with Crippen LogP contribution in [0, 0.1) is 0 Å². The normalized spacial score (nSPS) is 14.2. The number of piperazine rings is 1. The highest BCUT2D eigenvalue weighted by atomic mass is 32.2. The lowest BCUT2D eigenvalue weighted by Gasteiger charge is -2.36. The molecule has 0 unspecified atom stereocenters. The number of fused-ring (bicyclic) bond motifs is 2. The van der Waals surface area contributed by atoms with Crippen LogP contribution >= 0.6 is 11.8 Å². The number of nitrogens with one attached hydrogen (secondary N) is 1. The first kappa shape index (κ1) is 29.5. The largest absolute Gasteiger partial charge is 0.454 e. The Morgan fingerprint density at radius 1 is 0.977 bits per heavy atom. The Hall–Kier alpha value is -4.55. The van der Waals surface area contributed by atoms with Crippen LogP contribution in [-0.2, 0) is 16.1 Å². The first-order valence-corrected chi connectivity index (χ1v) is 15.4. The molecule has 4 aromatic rings. The summed E-state index contributed by atoms with van der Waals surface area (Å²) in [6.45, 7) is 3.94. The van der Waals surface area contributed by atoms with Crippen LogP contribution in [0.3, 0.4) is 0 Å². The molecule has 0 spiro atoms. The fourth-order valence-electron chi connectivity index (χ4n) is 5.24. The van der Waals surface area contributed by atoms with Gasteiger partial charge in [0.25, 0.3) is 11.5 Å². The summed E-state index contributed by atoms with van der Waals surface area (Å²) in [5.74, 6) is 0.897. The molecule has 2 aliphatic rings. The van der Waals surface area contributed by atoms with Gasteiger partial charge in [-0.2, -0.15) is 0 Å². The molecule has 12 heteroatoms. The minimum absolute atomic E-state index is 0.0133. The molecule has 44 heavy (non-hydrogen) atoms. The number of carbonyl (C=O) groups excluding carboxylic acids is 2. The Morgan fingerprint density at radius 2 is 1.70 bits per heavy atom. The molecule has 0 bridgehead atoms. The molecule has 1 aromatic heterocycles. The number of ether oxygens (including phenoxy) is 3. The molecule has 0 aliphatic carbocycles. The molecule has 2 aliphatic heterocycles. The van der Waals surface area contributed by atoms with E-state index in [-0.39, 0.29) is 36.5 Å². The Labute approximate surface area is 258 Å². The van der Waals surface area contributed by atoms with Crippen LogP contribution in [0.25, 0.3) is 10.9 Å². The van der Waals surface area contributed by atoms with E-state index in [1.165, 1.54) is 11.8 Å². The highest BCUT2D eigenvalue weighted by Gasteiger charge is 2.23. The first-order chi connectivity index (χ1) is 21.5. The fourth-order valence-corrected chi connectivity index (χ4v) is 6.07. The van der Waals surface area contributed by atoms with Gasteiger partial charge in [-0.05, 0) is 35.9 Å². The highest BCUT2D eigenvalue weighted by Crippen LogP contribution is 2.35. The minimum Gasteiger partial charge on any atom is -0.454 e. The first-order valence-electron chi connectivity index (χ1n) is 14.4. The van der Waals surface area contributed by atoms with Gasteiger partial charge in [-0.3, -0.25) is 19.0 Å². The van der Waals surface area contributed by atoms with Gasteiger partial charge in [0.2, 0.25) is 12.7 Å². The number of nitrogens with zero attached hydrogens (tertiary/aromatic N) is 4. The molecule has 228 valence electrons. The van der Waals surface area contributed by atoms with Crippen molar-refractivity contribution in [3.8, 4) is 11.5 Å². The average molecular weight is 616 g/mol. The summed E-state index contributed by atoms with van der Waals surface area (Å²) in [6.07, 6.45) is 0. The Bertz CT molecular complexity index is 1700. The number of carbonyl (C=O) groups is 2. The second-order valence-electron chi connectivity index (χ2n) is 10.5. The maximum absolute atomic E-state index is 13.8. The Morgan fingerprint density at radius 3 is 2.43 bits per heavy atom. The second kappa shape index (κ2) is 13.4. The van der Waals surface area contributed by atoms with E-state index in [4.69, 9.17) is 19.2 Å². The SMILES string of the molecule is COCCNC(=O)CSc1nc2cc3c(cc2c(=O)n1Cc1ccc(C(=O)N2CCN(c4ccccc4)CC2)cc1)OCO3. The van der Waals surface area contributed by atoms with Gasteiger partial charge >= 0.3 is 0 Å². The quantitative estimate of drug-likeness (QED) is 0.163. The van der Waals surface area contributed by atoms with Crippen molar-refractivity contribution in [2.75, 3.05) is 63.9 Å². The zero-order chi connectivity index (χ0) is 30.5. The molecule has 3 aromatic carbocycles. The maximum atomic E-state index is 13.8. The number of hydrogen-bond acceptors (Lipinski definition) is 9. The third-order valence-corrected chi connectivity index (χ3v) is 8.58. The summed E-state index contributed by atoms with van der Waals surface area (Å²) in [5, 5.41) is 3.58. The van der Waals surface area contributed by atoms with Crippen molar-refractivity contribution in [2.45, 2.75) is 11.7 Å². The van der Waals surface area contributed by atoms with Crippen LogP contribution in [-0.4, -0.2) is 85.3 Å². The maximum Gasteiger partial charge on any atom is 0.262 e. The van der Waals surface area contributed by atoms with Gasteiger partial charge in [0.15, 0.2) is 16.7 Å². The Balaban J connectivity index is 1.19. The average Bonchev–Trinajstić information content (AvgIpc) is 3.53. The van der Waals surface area contributed by atoms with Crippen LogP contribution in [0.5, 0.6) is 11.5 Å². The van der Waals surface area contributed by atoms with Crippen LogP contribution in [0.15, 0.2) is 76.7 Å². The van der Waals surface area contributed by atoms with Gasteiger partial charge in [0.1, 0.15) is 0 Å². The van der Waals surface area contributed by atoms with Gasteiger partial charge in [-0.15, -0.1) is 0 Å². The topological polar surface area (TPSA) is 115 Å². The van der Waals surface area contributed by atoms with Crippen molar-refractivity contribution < 1.29 is 23.8 Å². The number of methoxy groups -OCH3 is 1. The number of benzene rings is 3. The predicted octanol–water partition coefficient (Wildman–Crippen LogP) is 2.99. The minimum atomic E-state index is -0.257. The Kier molecular flexibility index (Phi) is 8.99. The van der Waals surface area contributed by atoms with E-state index in [1.54, 1.807) is 35.9 Å². The van der Waals surface area contributed by atoms with Gasteiger partial charge in [0.05, 0.1) is 29.8 Å². The van der Waals surface area contributed by atoms with Crippen molar-refractivity contribution in [1.29, 1.82) is 0 Å². The summed E-state index contributed by atoms with van der Waals surface area (Å²) in [6, 6.07) is 20.9. The number of aromatic nitrogens is 2. The number of hydrogen-bond donors (Lipinski definition) is 1. The van der Waals surface area contributed by atoms with Crippen molar-refractivity contribution >= 4 is 40.2 Å². The van der Waals surface area contributed by atoms with E-state index >= 15 is 0 Å². The second-order valence-corrected chi connectivity index (χ2v) is 11.4. The van der Waals surface area contributed by atoms with Gasteiger partial charge in [0, 0.05) is 57.2 Å². The molecular formula is C32H33N5O6S. The van der Waals surface area contributed by atoms with Crippen molar-refractivity contribution in [1.82, 2.24) is 19.8 Å². The molecule has 3 heterocycles. The molecule has 2 amide bonds. The standard InChI is InChI=1S/C32H33N5O6S/c1-41-16-11-33-29(38)20-44-32-34-26-18-28-27(42-21-43-28)17-25(26)31(40)37(32)19-22-7-9-23(10-8-22)30(39)36-14-12-35(13-15-36)24-5-3-2-4-6-24/h2-10,17-18H,11-16,19-21H2,1H3,(H,33,38). The number of para-hydroxylation sites is 1. The molecule has 0 radical (unpaired) electrons. The summed E-state index contributed by atoms with van der Waals surface area (Å²) < 4.78 is 17.5. The summed E-state index contributed by atoms with van der Waals surface area (Å²) in [5.41, 5.74) is 2.79. The molecule has 0 saturated carbocycles. The highest BCUT2D eigenvalue weighted by molar-refractivity contribution is 7.99. The van der Waals surface area contributed by atoms with E-state index in [0.29, 0.717) is 59.4 Å². The molecular weight excluding hydrogens is 582 g/mol. The molecule has 1 saturated heterocycles. The lowest BCUT2D eigenvalue weighted by Crippen LogP contribution is -2.48. The third-order valence-electron chi connectivity index (χ3n) is 7.60.